The summed E-state index contributed by atoms with van der Waals surface area (Å²) in [5.74, 6) is 2.02. The molecule has 118 valence electrons. The van der Waals surface area contributed by atoms with E-state index in [1.54, 1.807) is 7.11 Å². The monoisotopic (exact) mass is 294 g/mol. The summed E-state index contributed by atoms with van der Waals surface area (Å²) in [5, 5.41) is 6.43. The second-order valence-corrected chi connectivity index (χ2v) is 5.18. The maximum Gasteiger partial charge on any atom is 0.231 e. The molecule has 2 N–H and O–H groups in total. The van der Waals surface area contributed by atoms with Crippen molar-refractivity contribution in [2.75, 3.05) is 55.4 Å². The van der Waals surface area contributed by atoms with Crippen LogP contribution in [0.15, 0.2) is 0 Å². The van der Waals surface area contributed by atoms with E-state index in [1.165, 1.54) is 19.3 Å². The number of ether oxygens (including phenoxy) is 1. The van der Waals surface area contributed by atoms with Crippen LogP contribution in [0.5, 0.6) is 0 Å². The fourth-order valence-corrected chi connectivity index (χ4v) is 2.26. The van der Waals surface area contributed by atoms with Gasteiger partial charge in [0.2, 0.25) is 17.8 Å². The third-order valence-electron chi connectivity index (χ3n) is 3.38. The first-order valence-corrected chi connectivity index (χ1v) is 7.81. The molecule has 0 radical (unpaired) electrons. The third-order valence-corrected chi connectivity index (χ3v) is 3.38. The predicted molar refractivity (Wildman–Crippen MR) is 85.0 cm³/mol. The number of methoxy groups -OCH3 is 1. The fourth-order valence-electron chi connectivity index (χ4n) is 2.26. The number of hydrogen-bond acceptors (Lipinski definition) is 7. The SMILES string of the molecule is CCCNc1nc(NCCOC)nc(N2CCCCC2)n1. The summed E-state index contributed by atoms with van der Waals surface area (Å²) >= 11 is 0. The van der Waals surface area contributed by atoms with Gasteiger partial charge in [0.25, 0.3) is 0 Å². The van der Waals surface area contributed by atoms with E-state index >= 15 is 0 Å². The van der Waals surface area contributed by atoms with Gasteiger partial charge in [0, 0.05) is 33.3 Å². The second-order valence-electron chi connectivity index (χ2n) is 5.18. The van der Waals surface area contributed by atoms with Crippen LogP contribution in [0.25, 0.3) is 0 Å². The van der Waals surface area contributed by atoms with Crippen LogP contribution >= 0.6 is 0 Å². The highest BCUT2D eigenvalue weighted by Gasteiger charge is 2.16. The molecule has 21 heavy (non-hydrogen) atoms. The third kappa shape index (κ3) is 5.00. The van der Waals surface area contributed by atoms with Crippen LogP contribution in [-0.2, 0) is 4.74 Å². The Labute approximate surface area is 126 Å². The van der Waals surface area contributed by atoms with Crippen LogP contribution in [0.1, 0.15) is 32.6 Å². The average molecular weight is 294 g/mol. The zero-order valence-electron chi connectivity index (χ0n) is 13.1. The van der Waals surface area contributed by atoms with Gasteiger partial charge in [-0.05, 0) is 25.7 Å². The lowest BCUT2D eigenvalue weighted by molar-refractivity contribution is 0.210. The highest BCUT2D eigenvalue weighted by molar-refractivity contribution is 5.44. The number of nitrogens with zero attached hydrogens (tertiary/aromatic N) is 4. The highest BCUT2D eigenvalue weighted by atomic mass is 16.5. The van der Waals surface area contributed by atoms with Crippen molar-refractivity contribution in [2.45, 2.75) is 32.6 Å². The van der Waals surface area contributed by atoms with E-state index in [2.05, 4.69) is 37.4 Å². The lowest BCUT2D eigenvalue weighted by Crippen LogP contribution is -2.31. The van der Waals surface area contributed by atoms with Crippen LogP contribution in [0.3, 0.4) is 0 Å². The lowest BCUT2D eigenvalue weighted by Gasteiger charge is -2.27. The number of anilines is 3. The molecular weight excluding hydrogens is 268 g/mol. The molecular formula is C14H26N6O. The Morgan fingerprint density at radius 2 is 1.67 bits per heavy atom. The van der Waals surface area contributed by atoms with Crippen molar-refractivity contribution >= 4 is 17.8 Å². The maximum absolute atomic E-state index is 5.05. The molecule has 1 aliphatic rings. The van der Waals surface area contributed by atoms with Gasteiger partial charge in [0.15, 0.2) is 0 Å². The van der Waals surface area contributed by atoms with Crippen molar-refractivity contribution in [3.05, 3.63) is 0 Å². The van der Waals surface area contributed by atoms with Crippen molar-refractivity contribution < 1.29 is 4.74 Å². The van der Waals surface area contributed by atoms with E-state index < -0.39 is 0 Å². The van der Waals surface area contributed by atoms with Gasteiger partial charge in [-0.15, -0.1) is 0 Å². The Bertz CT molecular complexity index is 422. The van der Waals surface area contributed by atoms with Crippen molar-refractivity contribution in [3.63, 3.8) is 0 Å². The van der Waals surface area contributed by atoms with Gasteiger partial charge in [-0.3, -0.25) is 0 Å². The quantitative estimate of drug-likeness (QED) is 0.707. The standard InChI is InChI=1S/C14H26N6O/c1-3-7-15-12-17-13(16-8-11-21-2)19-14(18-12)20-9-5-4-6-10-20/h3-11H2,1-2H3,(H2,15,16,17,18,19). The van der Waals surface area contributed by atoms with E-state index in [9.17, 15) is 0 Å². The van der Waals surface area contributed by atoms with Crippen molar-refractivity contribution in [2.24, 2.45) is 0 Å². The van der Waals surface area contributed by atoms with Crippen molar-refractivity contribution in [3.8, 4) is 0 Å². The van der Waals surface area contributed by atoms with Crippen LogP contribution in [0.2, 0.25) is 0 Å². The Morgan fingerprint density at radius 3 is 2.29 bits per heavy atom. The zero-order chi connectivity index (χ0) is 14.9. The van der Waals surface area contributed by atoms with Crippen molar-refractivity contribution in [1.82, 2.24) is 15.0 Å². The summed E-state index contributed by atoms with van der Waals surface area (Å²) in [6.07, 6.45) is 4.74. The average Bonchev–Trinajstić information content (AvgIpc) is 2.54. The van der Waals surface area contributed by atoms with Gasteiger partial charge in [-0.1, -0.05) is 6.92 Å². The minimum Gasteiger partial charge on any atom is -0.383 e. The predicted octanol–water partition coefficient (Wildman–Crippen LogP) is 1.74. The first-order valence-electron chi connectivity index (χ1n) is 7.81. The molecule has 2 heterocycles. The zero-order valence-corrected chi connectivity index (χ0v) is 13.1. The Hall–Kier alpha value is -1.63. The van der Waals surface area contributed by atoms with Gasteiger partial charge in [0.1, 0.15) is 0 Å². The minimum absolute atomic E-state index is 0.612. The normalized spacial score (nSPS) is 15.0. The summed E-state index contributed by atoms with van der Waals surface area (Å²) < 4.78 is 5.05. The molecule has 0 bridgehead atoms. The van der Waals surface area contributed by atoms with Gasteiger partial charge in [-0.2, -0.15) is 15.0 Å². The Balaban J connectivity index is 2.10. The Kier molecular flexibility index (Phi) is 6.46. The summed E-state index contributed by atoms with van der Waals surface area (Å²) in [6.45, 7) is 6.34. The van der Waals surface area contributed by atoms with E-state index in [-0.39, 0.29) is 0 Å². The number of nitrogens with one attached hydrogen (secondary N) is 2. The van der Waals surface area contributed by atoms with Crippen molar-refractivity contribution in [1.29, 1.82) is 0 Å². The number of aromatic nitrogens is 3. The molecule has 0 amide bonds. The lowest BCUT2D eigenvalue weighted by atomic mass is 10.1. The number of hydrogen-bond donors (Lipinski definition) is 2. The van der Waals surface area contributed by atoms with Crippen LogP contribution in [0, 0.1) is 0 Å². The molecule has 0 spiro atoms. The molecule has 2 rings (SSSR count). The summed E-state index contributed by atoms with van der Waals surface area (Å²) in [7, 11) is 1.68. The summed E-state index contributed by atoms with van der Waals surface area (Å²) in [4.78, 5) is 15.7. The van der Waals surface area contributed by atoms with Gasteiger partial charge >= 0.3 is 0 Å². The molecule has 1 aliphatic heterocycles. The van der Waals surface area contributed by atoms with Crippen LogP contribution in [-0.4, -0.2) is 54.8 Å². The molecule has 7 heteroatoms. The topological polar surface area (TPSA) is 75.2 Å². The molecule has 7 nitrogen and oxygen atoms in total. The maximum atomic E-state index is 5.05. The van der Waals surface area contributed by atoms with E-state index in [4.69, 9.17) is 4.74 Å². The smallest absolute Gasteiger partial charge is 0.231 e. The highest BCUT2D eigenvalue weighted by Crippen LogP contribution is 2.18. The first kappa shape index (κ1) is 15.8. The first-order chi connectivity index (χ1) is 10.3. The van der Waals surface area contributed by atoms with Crippen LogP contribution < -0.4 is 15.5 Å². The van der Waals surface area contributed by atoms with Gasteiger partial charge < -0.3 is 20.3 Å². The molecule has 1 fully saturated rings. The molecule has 1 saturated heterocycles. The summed E-state index contributed by atoms with van der Waals surface area (Å²) in [5.41, 5.74) is 0. The van der Waals surface area contributed by atoms with E-state index in [1.807, 2.05) is 0 Å². The van der Waals surface area contributed by atoms with Gasteiger partial charge in [0.05, 0.1) is 6.61 Å². The number of piperidine rings is 1. The van der Waals surface area contributed by atoms with Gasteiger partial charge in [-0.25, -0.2) is 0 Å². The molecule has 0 aliphatic carbocycles. The Morgan fingerprint density at radius 1 is 1.00 bits per heavy atom. The number of rotatable bonds is 8. The molecule has 0 unspecified atom stereocenters. The largest absolute Gasteiger partial charge is 0.383 e. The molecule has 0 aromatic carbocycles. The summed E-state index contributed by atoms with van der Waals surface area (Å²) in [6, 6.07) is 0. The molecule has 0 atom stereocenters. The molecule has 1 aromatic heterocycles. The van der Waals surface area contributed by atoms with E-state index in [0.717, 1.165) is 32.0 Å². The molecule has 1 aromatic rings. The molecule has 0 saturated carbocycles. The van der Waals surface area contributed by atoms with E-state index in [0.29, 0.717) is 25.0 Å². The minimum atomic E-state index is 0.612. The fraction of sp³-hybridized carbons (Fsp3) is 0.786. The van der Waals surface area contributed by atoms with Crippen LogP contribution in [0.4, 0.5) is 17.8 Å². The second kappa shape index (κ2) is 8.61.